The SMILES string of the molecule is COc1ccc(CCNC(=O)CN(c2ccccc2)S(=O)(=O)c2ccccc2[N+](=O)[O-])cc1. The van der Waals surface area contributed by atoms with E-state index in [1.807, 2.05) is 24.3 Å². The van der Waals surface area contributed by atoms with Crippen LogP contribution in [-0.2, 0) is 21.2 Å². The van der Waals surface area contributed by atoms with E-state index in [4.69, 9.17) is 4.74 Å². The number of benzene rings is 3. The lowest BCUT2D eigenvalue weighted by Crippen LogP contribution is -2.41. The van der Waals surface area contributed by atoms with Gasteiger partial charge in [-0.15, -0.1) is 0 Å². The second-order valence-electron chi connectivity index (χ2n) is 7.02. The van der Waals surface area contributed by atoms with Gasteiger partial charge in [0.15, 0.2) is 4.90 Å². The number of nitrogens with zero attached hydrogens (tertiary/aromatic N) is 2. The number of methoxy groups -OCH3 is 1. The molecule has 0 aliphatic carbocycles. The Kier molecular flexibility index (Phi) is 7.62. The van der Waals surface area contributed by atoms with Crippen molar-refractivity contribution in [3.63, 3.8) is 0 Å². The highest BCUT2D eigenvalue weighted by molar-refractivity contribution is 7.93. The summed E-state index contributed by atoms with van der Waals surface area (Å²) in [7, 11) is -2.82. The number of carbonyl (C=O) groups is 1. The molecule has 0 saturated carbocycles. The normalized spacial score (nSPS) is 10.9. The molecule has 1 amide bonds. The molecule has 3 aromatic carbocycles. The van der Waals surface area contributed by atoms with Crippen molar-refractivity contribution >= 4 is 27.3 Å². The summed E-state index contributed by atoms with van der Waals surface area (Å²) in [5.74, 6) is 0.191. The number of anilines is 1. The fourth-order valence-electron chi connectivity index (χ4n) is 3.18. The van der Waals surface area contributed by atoms with Gasteiger partial charge >= 0.3 is 0 Å². The van der Waals surface area contributed by atoms with E-state index in [9.17, 15) is 23.3 Å². The summed E-state index contributed by atoms with van der Waals surface area (Å²) >= 11 is 0. The average Bonchev–Trinajstić information content (AvgIpc) is 2.83. The van der Waals surface area contributed by atoms with E-state index < -0.39 is 38.0 Å². The highest BCUT2D eigenvalue weighted by Gasteiger charge is 2.32. The van der Waals surface area contributed by atoms with Crippen LogP contribution in [0.5, 0.6) is 5.75 Å². The Morgan fingerprint density at radius 2 is 1.64 bits per heavy atom. The third kappa shape index (κ3) is 5.86. The minimum absolute atomic E-state index is 0.223. The molecule has 0 saturated heterocycles. The Balaban J connectivity index is 1.79. The fraction of sp³-hybridized carbons (Fsp3) is 0.174. The summed E-state index contributed by atoms with van der Waals surface area (Å²) in [5.41, 5.74) is 0.642. The van der Waals surface area contributed by atoms with E-state index in [1.54, 1.807) is 25.3 Å². The third-order valence-electron chi connectivity index (χ3n) is 4.86. The van der Waals surface area contributed by atoms with Crippen molar-refractivity contribution in [3.8, 4) is 5.75 Å². The van der Waals surface area contributed by atoms with E-state index in [1.165, 1.54) is 24.3 Å². The zero-order valence-electron chi connectivity index (χ0n) is 17.9. The number of ether oxygens (including phenoxy) is 1. The molecule has 0 aromatic heterocycles. The molecule has 9 nitrogen and oxygen atoms in total. The van der Waals surface area contributed by atoms with Gasteiger partial charge in [-0.2, -0.15) is 0 Å². The van der Waals surface area contributed by atoms with Gasteiger partial charge < -0.3 is 10.1 Å². The average molecular weight is 470 g/mol. The van der Waals surface area contributed by atoms with Crippen LogP contribution in [0.15, 0.2) is 83.8 Å². The minimum Gasteiger partial charge on any atom is -0.497 e. The first kappa shape index (κ1) is 23.7. The maximum Gasteiger partial charge on any atom is 0.289 e. The minimum atomic E-state index is -4.39. The molecule has 1 N–H and O–H groups in total. The molecule has 0 aliphatic rings. The van der Waals surface area contributed by atoms with Gasteiger partial charge in [0.1, 0.15) is 12.3 Å². The highest BCUT2D eigenvalue weighted by atomic mass is 32.2. The van der Waals surface area contributed by atoms with Crippen LogP contribution in [0.1, 0.15) is 5.56 Å². The monoisotopic (exact) mass is 469 g/mol. The molecule has 33 heavy (non-hydrogen) atoms. The fourth-order valence-corrected chi connectivity index (χ4v) is 4.76. The Hall–Kier alpha value is -3.92. The zero-order valence-corrected chi connectivity index (χ0v) is 18.7. The predicted octanol–water partition coefficient (Wildman–Crippen LogP) is 3.16. The zero-order chi connectivity index (χ0) is 23.8. The summed E-state index contributed by atoms with van der Waals surface area (Å²) in [4.78, 5) is 22.8. The van der Waals surface area contributed by atoms with Crippen LogP contribution in [0.4, 0.5) is 11.4 Å². The molecule has 0 fully saturated rings. The van der Waals surface area contributed by atoms with Gasteiger partial charge in [-0.1, -0.05) is 42.5 Å². The van der Waals surface area contributed by atoms with Gasteiger partial charge in [-0.05, 0) is 42.3 Å². The first-order valence-corrected chi connectivity index (χ1v) is 11.5. The molecule has 0 atom stereocenters. The first-order valence-electron chi connectivity index (χ1n) is 10.0. The molecule has 172 valence electrons. The Morgan fingerprint density at radius 1 is 1.00 bits per heavy atom. The topological polar surface area (TPSA) is 119 Å². The summed E-state index contributed by atoms with van der Waals surface area (Å²) < 4.78 is 32.7. The van der Waals surface area contributed by atoms with Crippen molar-refractivity contribution in [2.75, 3.05) is 24.5 Å². The van der Waals surface area contributed by atoms with Crippen molar-refractivity contribution in [2.45, 2.75) is 11.3 Å². The largest absolute Gasteiger partial charge is 0.497 e. The highest BCUT2D eigenvalue weighted by Crippen LogP contribution is 2.29. The van der Waals surface area contributed by atoms with Gasteiger partial charge in [-0.25, -0.2) is 8.42 Å². The van der Waals surface area contributed by atoms with Crippen LogP contribution in [0.25, 0.3) is 0 Å². The molecule has 0 spiro atoms. The quantitative estimate of drug-likeness (QED) is 0.360. The molecular weight excluding hydrogens is 446 g/mol. The second-order valence-corrected chi connectivity index (χ2v) is 8.85. The second kappa shape index (κ2) is 10.6. The van der Waals surface area contributed by atoms with Crippen molar-refractivity contribution < 1.29 is 22.9 Å². The lowest BCUT2D eigenvalue weighted by Gasteiger charge is -2.24. The number of sulfonamides is 1. The smallest absolute Gasteiger partial charge is 0.289 e. The molecule has 3 aromatic rings. The maximum atomic E-state index is 13.4. The molecule has 0 unspecified atom stereocenters. The number of rotatable bonds is 10. The summed E-state index contributed by atoms with van der Waals surface area (Å²) in [6.07, 6.45) is 0.540. The number of nitrogens with one attached hydrogen (secondary N) is 1. The van der Waals surface area contributed by atoms with Crippen LogP contribution >= 0.6 is 0 Å². The maximum absolute atomic E-state index is 13.4. The summed E-state index contributed by atoms with van der Waals surface area (Å²) in [5, 5.41) is 14.1. The molecule has 0 heterocycles. The van der Waals surface area contributed by atoms with Crippen LogP contribution in [0, 0.1) is 10.1 Å². The van der Waals surface area contributed by atoms with Crippen molar-refractivity contribution in [3.05, 3.63) is 94.5 Å². The lowest BCUT2D eigenvalue weighted by atomic mass is 10.1. The van der Waals surface area contributed by atoms with Crippen LogP contribution in [0.3, 0.4) is 0 Å². The first-order chi connectivity index (χ1) is 15.8. The van der Waals surface area contributed by atoms with Gasteiger partial charge in [0, 0.05) is 12.6 Å². The van der Waals surface area contributed by atoms with Crippen LogP contribution in [-0.4, -0.2) is 39.4 Å². The van der Waals surface area contributed by atoms with Crippen LogP contribution < -0.4 is 14.4 Å². The molecule has 3 rings (SSSR count). The van der Waals surface area contributed by atoms with E-state index in [0.29, 0.717) is 13.0 Å². The number of nitro groups is 1. The van der Waals surface area contributed by atoms with E-state index >= 15 is 0 Å². The number of amides is 1. The number of nitro benzene ring substituents is 1. The van der Waals surface area contributed by atoms with Gasteiger partial charge in [-0.3, -0.25) is 19.2 Å². The number of carbonyl (C=O) groups excluding carboxylic acids is 1. The molecule has 0 radical (unpaired) electrons. The van der Waals surface area contributed by atoms with Crippen molar-refractivity contribution in [1.82, 2.24) is 5.32 Å². The van der Waals surface area contributed by atoms with Crippen LogP contribution in [0.2, 0.25) is 0 Å². The number of hydrogen-bond acceptors (Lipinski definition) is 6. The van der Waals surface area contributed by atoms with Gasteiger partial charge in [0.2, 0.25) is 5.91 Å². The van der Waals surface area contributed by atoms with Crippen molar-refractivity contribution in [2.24, 2.45) is 0 Å². The van der Waals surface area contributed by atoms with Gasteiger partial charge in [0.25, 0.3) is 15.7 Å². The number of para-hydroxylation sites is 2. The summed E-state index contributed by atoms with van der Waals surface area (Å²) in [6.45, 7) is -0.236. The Bertz CT molecular complexity index is 1210. The van der Waals surface area contributed by atoms with Crippen molar-refractivity contribution in [1.29, 1.82) is 0 Å². The number of hydrogen-bond donors (Lipinski definition) is 1. The Labute approximate surface area is 191 Å². The molecular formula is C23H23N3O6S. The standard InChI is InChI=1S/C23H23N3O6S/c1-32-20-13-11-18(12-14-20)15-16-24-23(27)17-25(19-7-3-2-4-8-19)33(30,31)22-10-6-5-9-21(22)26(28)29/h2-14H,15-17H2,1H3,(H,24,27). The Morgan fingerprint density at radius 3 is 2.27 bits per heavy atom. The molecule has 10 heteroatoms. The van der Waals surface area contributed by atoms with E-state index in [2.05, 4.69) is 5.32 Å². The molecule has 0 bridgehead atoms. The van der Waals surface area contributed by atoms with Gasteiger partial charge in [0.05, 0.1) is 17.7 Å². The lowest BCUT2D eigenvalue weighted by molar-refractivity contribution is -0.387. The predicted molar refractivity (Wildman–Crippen MR) is 124 cm³/mol. The summed E-state index contributed by atoms with van der Waals surface area (Å²) in [6, 6.07) is 20.4. The van der Waals surface area contributed by atoms with E-state index in [0.717, 1.165) is 27.8 Å². The van der Waals surface area contributed by atoms with E-state index in [-0.39, 0.29) is 5.69 Å². The third-order valence-corrected chi connectivity index (χ3v) is 6.68. The molecule has 0 aliphatic heterocycles.